The Kier molecular flexibility index (Phi) is 2.86. The number of carbonyl (C=O) groups is 1. The second kappa shape index (κ2) is 4.30. The predicted octanol–water partition coefficient (Wildman–Crippen LogP) is 2.99. The van der Waals surface area contributed by atoms with Crippen LogP contribution in [0.3, 0.4) is 0 Å². The fourth-order valence-electron chi connectivity index (χ4n) is 1.80. The molecule has 0 unspecified atom stereocenters. The lowest BCUT2D eigenvalue weighted by Gasteiger charge is -2.24. The van der Waals surface area contributed by atoms with Gasteiger partial charge in [0.2, 0.25) is 0 Å². The molecular formula is C13H14O2. The maximum absolute atomic E-state index is 11.8. The molecule has 2 heteroatoms. The molecule has 2 rings (SSSR count). The van der Waals surface area contributed by atoms with Crippen molar-refractivity contribution in [3.8, 4) is 5.75 Å². The molecule has 1 aliphatic heterocycles. The minimum Gasteiger partial charge on any atom is -0.489 e. The van der Waals surface area contributed by atoms with Gasteiger partial charge in [0.05, 0.1) is 5.56 Å². The van der Waals surface area contributed by atoms with Crippen molar-refractivity contribution >= 4 is 5.78 Å². The van der Waals surface area contributed by atoms with Gasteiger partial charge in [0.1, 0.15) is 11.9 Å². The van der Waals surface area contributed by atoms with Crippen molar-refractivity contribution in [2.24, 2.45) is 0 Å². The zero-order chi connectivity index (χ0) is 10.7. The van der Waals surface area contributed by atoms with Gasteiger partial charge in [-0.2, -0.15) is 0 Å². The maximum atomic E-state index is 11.8. The third kappa shape index (κ3) is 2.09. The quantitative estimate of drug-likeness (QED) is 0.704. The molecule has 0 N–H and O–H groups in total. The van der Waals surface area contributed by atoms with E-state index in [2.05, 4.69) is 6.58 Å². The zero-order valence-electron chi connectivity index (χ0n) is 8.61. The van der Waals surface area contributed by atoms with Crippen molar-refractivity contribution in [2.75, 3.05) is 0 Å². The van der Waals surface area contributed by atoms with Crippen LogP contribution in [0.15, 0.2) is 36.9 Å². The minimum absolute atomic E-state index is 0.0189. The van der Waals surface area contributed by atoms with Gasteiger partial charge in [0, 0.05) is 6.42 Å². The predicted molar refractivity (Wildman–Crippen MR) is 59.2 cm³/mol. The monoisotopic (exact) mass is 202 g/mol. The molecule has 15 heavy (non-hydrogen) atoms. The fourth-order valence-corrected chi connectivity index (χ4v) is 1.80. The molecule has 0 saturated carbocycles. The van der Waals surface area contributed by atoms with E-state index in [0.29, 0.717) is 12.0 Å². The second-order valence-corrected chi connectivity index (χ2v) is 3.73. The summed E-state index contributed by atoms with van der Waals surface area (Å²) in [5.74, 6) is 0.911. The van der Waals surface area contributed by atoms with Gasteiger partial charge in [0.15, 0.2) is 5.78 Å². The van der Waals surface area contributed by atoms with Gasteiger partial charge in [-0.25, -0.2) is 0 Å². The lowest BCUT2D eigenvalue weighted by Crippen LogP contribution is -2.26. The molecule has 1 atom stereocenters. The van der Waals surface area contributed by atoms with Crippen molar-refractivity contribution in [3.63, 3.8) is 0 Å². The minimum atomic E-state index is 0.0189. The first-order valence-corrected chi connectivity index (χ1v) is 5.21. The Morgan fingerprint density at radius 1 is 1.47 bits per heavy atom. The number of ketones is 1. The van der Waals surface area contributed by atoms with Crippen molar-refractivity contribution in [3.05, 3.63) is 42.5 Å². The zero-order valence-corrected chi connectivity index (χ0v) is 8.61. The summed E-state index contributed by atoms with van der Waals surface area (Å²) in [5, 5.41) is 0. The van der Waals surface area contributed by atoms with Gasteiger partial charge in [-0.1, -0.05) is 18.2 Å². The molecule has 0 saturated heterocycles. The molecule has 0 bridgehead atoms. The maximum Gasteiger partial charge on any atom is 0.170 e. The third-order valence-electron chi connectivity index (χ3n) is 2.59. The summed E-state index contributed by atoms with van der Waals surface area (Å²) < 4.78 is 5.74. The van der Waals surface area contributed by atoms with Crippen molar-refractivity contribution < 1.29 is 9.53 Å². The number of hydrogen-bond acceptors (Lipinski definition) is 2. The molecule has 0 spiro atoms. The molecule has 2 nitrogen and oxygen atoms in total. The largest absolute Gasteiger partial charge is 0.489 e. The summed E-state index contributed by atoms with van der Waals surface area (Å²) >= 11 is 0. The average molecular weight is 202 g/mol. The molecule has 0 aliphatic carbocycles. The number of ether oxygens (including phenoxy) is 1. The average Bonchev–Trinajstić information content (AvgIpc) is 2.26. The van der Waals surface area contributed by atoms with Crippen LogP contribution in [-0.4, -0.2) is 11.9 Å². The highest BCUT2D eigenvalue weighted by molar-refractivity contribution is 5.99. The van der Waals surface area contributed by atoms with E-state index in [1.165, 1.54) is 0 Å². The number of fused-ring (bicyclic) bond motifs is 1. The Balaban J connectivity index is 2.15. The van der Waals surface area contributed by atoms with Crippen LogP contribution in [0.2, 0.25) is 0 Å². The second-order valence-electron chi connectivity index (χ2n) is 3.73. The summed E-state index contributed by atoms with van der Waals surface area (Å²) in [6.07, 6.45) is 4.12. The van der Waals surface area contributed by atoms with E-state index in [1.807, 2.05) is 30.3 Å². The SMILES string of the molecule is C=CCC[C@@H]1CC(=O)c2ccccc2O1. The van der Waals surface area contributed by atoms with E-state index in [-0.39, 0.29) is 11.9 Å². The van der Waals surface area contributed by atoms with E-state index in [1.54, 1.807) is 0 Å². The highest BCUT2D eigenvalue weighted by Gasteiger charge is 2.25. The Morgan fingerprint density at radius 3 is 3.07 bits per heavy atom. The standard InChI is InChI=1S/C13H14O2/c1-2-3-6-10-9-12(14)11-7-4-5-8-13(11)15-10/h2,4-5,7-8,10H,1,3,6,9H2/t10-/m1/s1. The smallest absolute Gasteiger partial charge is 0.170 e. The number of carbonyl (C=O) groups excluding carboxylic acids is 1. The summed E-state index contributed by atoms with van der Waals surface area (Å²) in [6.45, 7) is 3.67. The van der Waals surface area contributed by atoms with Crippen molar-refractivity contribution in [1.29, 1.82) is 0 Å². The van der Waals surface area contributed by atoms with E-state index < -0.39 is 0 Å². The molecular weight excluding hydrogens is 188 g/mol. The Hall–Kier alpha value is -1.57. The summed E-state index contributed by atoms with van der Waals surface area (Å²) in [7, 11) is 0. The van der Waals surface area contributed by atoms with Crippen LogP contribution in [0.1, 0.15) is 29.6 Å². The summed E-state index contributed by atoms with van der Waals surface area (Å²) in [4.78, 5) is 11.8. The van der Waals surface area contributed by atoms with Crippen LogP contribution < -0.4 is 4.74 Å². The van der Waals surface area contributed by atoms with Gasteiger partial charge >= 0.3 is 0 Å². The lowest BCUT2D eigenvalue weighted by atomic mass is 9.98. The van der Waals surface area contributed by atoms with Gasteiger partial charge in [-0.15, -0.1) is 6.58 Å². The van der Waals surface area contributed by atoms with Gasteiger partial charge in [0.25, 0.3) is 0 Å². The number of rotatable bonds is 3. The Bertz CT molecular complexity index is 382. The molecule has 1 aromatic rings. The van der Waals surface area contributed by atoms with E-state index in [0.717, 1.165) is 18.6 Å². The number of Topliss-reactive ketones (excluding diaryl/α,β-unsaturated/α-hetero) is 1. The fraction of sp³-hybridized carbons (Fsp3) is 0.308. The van der Waals surface area contributed by atoms with Crippen LogP contribution in [0, 0.1) is 0 Å². The Morgan fingerprint density at radius 2 is 2.27 bits per heavy atom. The van der Waals surface area contributed by atoms with Gasteiger partial charge in [-0.05, 0) is 25.0 Å². The molecule has 0 aromatic heterocycles. The van der Waals surface area contributed by atoms with E-state index in [9.17, 15) is 4.79 Å². The highest BCUT2D eigenvalue weighted by atomic mass is 16.5. The van der Waals surface area contributed by atoms with Crippen LogP contribution in [0.5, 0.6) is 5.75 Å². The normalized spacial score (nSPS) is 19.2. The molecule has 0 amide bonds. The third-order valence-corrected chi connectivity index (χ3v) is 2.59. The first-order chi connectivity index (χ1) is 7.31. The number of para-hydroxylation sites is 1. The molecule has 1 heterocycles. The van der Waals surface area contributed by atoms with Crippen LogP contribution in [0.4, 0.5) is 0 Å². The molecule has 78 valence electrons. The highest BCUT2D eigenvalue weighted by Crippen LogP contribution is 2.28. The first kappa shape index (κ1) is 9.97. The van der Waals surface area contributed by atoms with Crippen LogP contribution in [0.25, 0.3) is 0 Å². The molecule has 0 fully saturated rings. The van der Waals surface area contributed by atoms with Gasteiger partial charge < -0.3 is 4.74 Å². The number of benzene rings is 1. The lowest BCUT2D eigenvalue weighted by molar-refractivity contribution is 0.0840. The van der Waals surface area contributed by atoms with Crippen LogP contribution >= 0.6 is 0 Å². The summed E-state index contributed by atoms with van der Waals surface area (Å²) in [6, 6.07) is 7.43. The van der Waals surface area contributed by atoms with Crippen molar-refractivity contribution in [1.82, 2.24) is 0 Å². The van der Waals surface area contributed by atoms with Crippen molar-refractivity contribution in [2.45, 2.75) is 25.4 Å². The molecule has 1 aliphatic rings. The van der Waals surface area contributed by atoms with E-state index in [4.69, 9.17) is 4.74 Å². The topological polar surface area (TPSA) is 26.3 Å². The van der Waals surface area contributed by atoms with Crippen LogP contribution in [-0.2, 0) is 0 Å². The first-order valence-electron chi connectivity index (χ1n) is 5.21. The van der Waals surface area contributed by atoms with Gasteiger partial charge in [-0.3, -0.25) is 4.79 Å². The molecule has 0 radical (unpaired) electrons. The number of hydrogen-bond donors (Lipinski definition) is 0. The Labute approximate surface area is 89.6 Å². The van der Waals surface area contributed by atoms with E-state index >= 15 is 0 Å². The molecule has 1 aromatic carbocycles. The summed E-state index contributed by atoms with van der Waals surface area (Å²) in [5.41, 5.74) is 0.715. The number of allylic oxidation sites excluding steroid dienone is 1.